The van der Waals surface area contributed by atoms with E-state index in [1.54, 1.807) is 7.11 Å². The number of hydrogen-bond acceptors (Lipinski definition) is 9. The van der Waals surface area contributed by atoms with E-state index >= 15 is 0 Å². The van der Waals surface area contributed by atoms with Crippen molar-refractivity contribution in [3.8, 4) is 11.5 Å². The molecule has 9 heteroatoms. The lowest BCUT2D eigenvalue weighted by atomic mass is 9.77. The van der Waals surface area contributed by atoms with Crippen molar-refractivity contribution >= 4 is 22.8 Å². The van der Waals surface area contributed by atoms with Crippen LogP contribution in [0.1, 0.15) is 64.0 Å². The number of carbonyl (C=O) groups excluding carboxylic acids is 2. The first kappa shape index (κ1) is 26.4. The Labute approximate surface area is 223 Å². The van der Waals surface area contributed by atoms with Gasteiger partial charge >= 0.3 is 5.97 Å². The van der Waals surface area contributed by atoms with Crippen LogP contribution in [-0.2, 0) is 30.2 Å². The standard InChI is InChI=1S/C28H37NO7S/c1-16(2)35-22(13-24(30)37-17(3)4)27(31)36-26-23(32-5)14-28-8-6-9-29(28)10-7-18-11-20-21(34-15-33-20)12-19(18)25(26)28/h11-12,14,16-17,22,25-26H,6-10,13,15H2,1-5H3/t22-,25-,26?,28?/m1/s1. The number of ether oxygens (including phenoxy) is 5. The first-order valence-corrected chi connectivity index (χ1v) is 14.1. The zero-order chi connectivity index (χ0) is 26.3. The van der Waals surface area contributed by atoms with Gasteiger partial charge in [-0.2, -0.15) is 0 Å². The molecule has 202 valence electrons. The van der Waals surface area contributed by atoms with E-state index in [2.05, 4.69) is 23.1 Å². The van der Waals surface area contributed by atoms with Gasteiger partial charge in [0.25, 0.3) is 0 Å². The molecule has 0 radical (unpaired) electrons. The van der Waals surface area contributed by atoms with E-state index in [0.29, 0.717) is 11.5 Å². The highest BCUT2D eigenvalue weighted by Gasteiger charge is 2.58. The molecule has 1 aliphatic carbocycles. The summed E-state index contributed by atoms with van der Waals surface area (Å²) in [6.45, 7) is 9.70. The molecule has 4 aliphatic rings. The maximum atomic E-state index is 13.6. The quantitative estimate of drug-likeness (QED) is 0.458. The number of benzene rings is 1. The van der Waals surface area contributed by atoms with Gasteiger partial charge in [0.2, 0.25) is 6.79 Å². The smallest absolute Gasteiger partial charge is 0.336 e. The van der Waals surface area contributed by atoms with Gasteiger partial charge in [-0.15, -0.1) is 0 Å². The SMILES string of the molecule is COC1=CC23CCCN2CCc2cc4c(cc2[C@@H]3C1OC(=O)[C@@H](CC(=O)SC(C)C)OC(C)C)OCO4. The molecule has 0 saturated carbocycles. The van der Waals surface area contributed by atoms with Gasteiger partial charge in [-0.3, -0.25) is 9.69 Å². The third kappa shape index (κ3) is 4.98. The second-order valence-corrected chi connectivity index (χ2v) is 12.4. The lowest BCUT2D eigenvalue weighted by Crippen LogP contribution is -2.48. The van der Waals surface area contributed by atoms with Gasteiger partial charge in [-0.05, 0) is 69.0 Å². The van der Waals surface area contributed by atoms with Gasteiger partial charge in [0, 0.05) is 11.8 Å². The summed E-state index contributed by atoms with van der Waals surface area (Å²) in [5.74, 6) is 1.41. The van der Waals surface area contributed by atoms with E-state index in [1.165, 1.54) is 17.3 Å². The minimum absolute atomic E-state index is 0.0319. The fraction of sp³-hybridized carbons (Fsp3) is 0.643. The Bertz CT molecular complexity index is 1090. The van der Waals surface area contributed by atoms with Crippen molar-refractivity contribution in [3.63, 3.8) is 0 Å². The van der Waals surface area contributed by atoms with E-state index in [4.69, 9.17) is 23.7 Å². The molecule has 0 bridgehead atoms. The monoisotopic (exact) mass is 531 g/mol. The topological polar surface area (TPSA) is 83.5 Å². The van der Waals surface area contributed by atoms with Crippen LogP contribution in [0.15, 0.2) is 24.0 Å². The molecule has 3 aliphatic heterocycles. The summed E-state index contributed by atoms with van der Waals surface area (Å²) < 4.78 is 29.4. The number of carbonyl (C=O) groups is 2. The molecule has 1 spiro atoms. The van der Waals surface area contributed by atoms with Gasteiger partial charge in [-0.25, -0.2) is 4.79 Å². The summed E-state index contributed by atoms with van der Waals surface area (Å²) in [6.07, 6.45) is 3.17. The maximum Gasteiger partial charge on any atom is 0.336 e. The van der Waals surface area contributed by atoms with Crippen LogP contribution in [0.25, 0.3) is 0 Å². The van der Waals surface area contributed by atoms with Crippen LogP contribution in [0.3, 0.4) is 0 Å². The Hall–Kier alpha value is -2.23. The number of methoxy groups -OCH3 is 1. The van der Waals surface area contributed by atoms with Crippen molar-refractivity contribution in [1.29, 1.82) is 0 Å². The molecule has 37 heavy (non-hydrogen) atoms. The zero-order valence-electron chi connectivity index (χ0n) is 22.3. The predicted octanol–water partition coefficient (Wildman–Crippen LogP) is 4.20. The van der Waals surface area contributed by atoms with E-state index < -0.39 is 18.2 Å². The molecule has 0 aromatic heterocycles. The van der Waals surface area contributed by atoms with Gasteiger partial charge in [0.15, 0.2) is 28.8 Å². The number of rotatable bonds is 8. The first-order chi connectivity index (χ1) is 17.7. The molecule has 1 fully saturated rings. The number of fused-ring (bicyclic) bond motifs is 3. The molecule has 4 atom stereocenters. The first-order valence-electron chi connectivity index (χ1n) is 13.2. The fourth-order valence-corrected chi connectivity index (χ4v) is 7.05. The lowest BCUT2D eigenvalue weighted by molar-refractivity contribution is -0.167. The van der Waals surface area contributed by atoms with Gasteiger partial charge in [0.05, 0.1) is 31.1 Å². The molecule has 0 N–H and O–H groups in total. The Morgan fingerprint density at radius 3 is 2.62 bits per heavy atom. The van der Waals surface area contributed by atoms with Crippen molar-refractivity contribution in [3.05, 3.63) is 35.1 Å². The fourth-order valence-electron chi connectivity index (χ4n) is 6.27. The van der Waals surface area contributed by atoms with E-state index in [1.807, 2.05) is 27.7 Å². The second-order valence-electron chi connectivity index (χ2n) is 10.7. The van der Waals surface area contributed by atoms with E-state index in [-0.39, 0.29) is 41.1 Å². The Morgan fingerprint density at radius 2 is 1.92 bits per heavy atom. The predicted molar refractivity (Wildman–Crippen MR) is 140 cm³/mol. The largest absolute Gasteiger partial charge is 0.497 e. The molecule has 8 nitrogen and oxygen atoms in total. The number of esters is 1. The molecule has 0 amide bonds. The highest BCUT2D eigenvalue weighted by molar-refractivity contribution is 8.14. The third-order valence-electron chi connectivity index (χ3n) is 7.63. The minimum atomic E-state index is -0.977. The summed E-state index contributed by atoms with van der Waals surface area (Å²) in [7, 11) is 1.62. The normalized spacial score (nSPS) is 26.8. The van der Waals surface area contributed by atoms with Crippen LogP contribution in [0.4, 0.5) is 0 Å². The number of thioether (sulfide) groups is 1. The van der Waals surface area contributed by atoms with Crippen molar-refractivity contribution in [2.24, 2.45) is 0 Å². The number of nitrogens with zero attached hydrogens (tertiary/aromatic N) is 1. The minimum Gasteiger partial charge on any atom is -0.497 e. The third-order valence-corrected chi connectivity index (χ3v) is 8.53. The van der Waals surface area contributed by atoms with Crippen molar-refractivity contribution in [2.75, 3.05) is 27.0 Å². The van der Waals surface area contributed by atoms with Crippen LogP contribution >= 0.6 is 11.8 Å². The van der Waals surface area contributed by atoms with E-state index in [9.17, 15) is 9.59 Å². The maximum absolute atomic E-state index is 13.6. The van der Waals surface area contributed by atoms with Gasteiger partial charge < -0.3 is 23.7 Å². The summed E-state index contributed by atoms with van der Waals surface area (Å²) in [5.41, 5.74) is 1.96. The van der Waals surface area contributed by atoms with Crippen molar-refractivity contribution in [1.82, 2.24) is 4.90 Å². The van der Waals surface area contributed by atoms with Crippen LogP contribution in [0.2, 0.25) is 0 Å². The Balaban J connectivity index is 1.49. The van der Waals surface area contributed by atoms with Gasteiger partial charge in [0.1, 0.15) is 5.76 Å². The molecule has 1 aromatic carbocycles. The summed E-state index contributed by atoms with van der Waals surface area (Å²) in [6, 6.07) is 4.13. The zero-order valence-corrected chi connectivity index (χ0v) is 23.1. The van der Waals surface area contributed by atoms with Crippen LogP contribution < -0.4 is 9.47 Å². The second kappa shape index (κ2) is 10.5. The van der Waals surface area contributed by atoms with Gasteiger partial charge in [-0.1, -0.05) is 25.6 Å². The Morgan fingerprint density at radius 1 is 1.16 bits per heavy atom. The number of hydrogen-bond donors (Lipinski definition) is 0. The molecular weight excluding hydrogens is 494 g/mol. The molecule has 2 unspecified atom stereocenters. The average Bonchev–Trinajstić information content (AvgIpc) is 3.51. The average molecular weight is 532 g/mol. The summed E-state index contributed by atoms with van der Waals surface area (Å²) in [4.78, 5) is 28.7. The van der Waals surface area contributed by atoms with Crippen LogP contribution in [-0.4, -0.2) is 72.1 Å². The Kier molecular flexibility index (Phi) is 7.49. The highest BCUT2D eigenvalue weighted by Crippen LogP contribution is 2.55. The molecule has 5 rings (SSSR count). The van der Waals surface area contributed by atoms with Crippen LogP contribution in [0.5, 0.6) is 11.5 Å². The lowest BCUT2D eigenvalue weighted by Gasteiger charge is -2.39. The molecule has 1 saturated heterocycles. The summed E-state index contributed by atoms with van der Waals surface area (Å²) in [5, 5.41) is 0.0437. The molecule has 3 heterocycles. The van der Waals surface area contributed by atoms with Crippen LogP contribution in [0, 0.1) is 0 Å². The summed E-state index contributed by atoms with van der Waals surface area (Å²) >= 11 is 1.21. The van der Waals surface area contributed by atoms with E-state index in [0.717, 1.165) is 43.7 Å². The molecule has 1 aromatic rings. The highest BCUT2D eigenvalue weighted by atomic mass is 32.2. The van der Waals surface area contributed by atoms with Crippen molar-refractivity contribution < 1.29 is 33.3 Å². The van der Waals surface area contributed by atoms with Crippen molar-refractivity contribution in [2.45, 2.75) is 88.4 Å². The molecular formula is C28H37NO7S.